The molecule has 1 amide bonds. The number of H-pyrrole nitrogens is 1. The van der Waals surface area contributed by atoms with Gasteiger partial charge in [-0.25, -0.2) is 9.48 Å². The number of aromatic amines is 1. The fourth-order valence-electron chi connectivity index (χ4n) is 5.39. The number of piperidine rings is 1. The minimum absolute atomic E-state index is 0.0955. The molecule has 2 aliphatic rings. The minimum atomic E-state index is -0.798. The van der Waals surface area contributed by atoms with Gasteiger partial charge in [0.05, 0.1) is 35.5 Å². The predicted octanol–water partition coefficient (Wildman–Crippen LogP) is 2.71. The minimum Gasteiger partial charge on any atom is -0.465 e. The lowest BCUT2D eigenvalue weighted by Crippen LogP contribution is -2.51. The van der Waals surface area contributed by atoms with Gasteiger partial charge in [0.2, 0.25) is 0 Å². The molecule has 2 bridgehead atoms. The van der Waals surface area contributed by atoms with Crippen LogP contribution in [0.2, 0.25) is 0 Å². The number of benzene rings is 1. The van der Waals surface area contributed by atoms with Crippen molar-refractivity contribution in [2.75, 3.05) is 11.9 Å². The first-order valence-corrected chi connectivity index (χ1v) is 11.0. The molecule has 6 rings (SSSR count). The van der Waals surface area contributed by atoms with Crippen LogP contribution in [0.15, 0.2) is 42.9 Å². The van der Waals surface area contributed by atoms with E-state index in [1.807, 2.05) is 31.3 Å². The van der Waals surface area contributed by atoms with Crippen molar-refractivity contribution in [3.8, 4) is 16.9 Å². The molecule has 4 aromatic rings. The van der Waals surface area contributed by atoms with Crippen molar-refractivity contribution in [3.05, 3.63) is 42.9 Å². The first kappa shape index (κ1) is 19.6. The third-order valence-corrected chi connectivity index (χ3v) is 7.03. The molecule has 0 radical (unpaired) electrons. The van der Waals surface area contributed by atoms with Crippen molar-refractivity contribution in [1.82, 2.24) is 40.3 Å². The van der Waals surface area contributed by atoms with Crippen molar-refractivity contribution < 1.29 is 9.90 Å². The number of nitrogens with one attached hydrogen (secondary N) is 1. The van der Waals surface area contributed by atoms with Crippen LogP contribution in [0.3, 0.4) is 0 Å². The molecule has 33 heavy (non-hydrogen) atoms. The maximum atomic E-state index is 11.6. The number of aromatic nitrogens is 7. The van der Waals surface area contributed by atoms with Crippen LogP contribution in [0.5, 0.6) is 0 Å². The zero-order chi connectivity index (χ0) is 22.5. The zero-order valence-electron chi connectivity index (χ0n) is 18.0. The van der Waals surface area contributed by atoms with E-state index in [-0.39, 0.29) is 18.1 Å². The maximum absolute atomic E-state index is 11.6. The van der Waals surface area contributed by atoms with Crippen molar-refractivity contribution in [2.45, 2.75) is 43.8 Å². The summed E-state index contributed by atoms with van der Waals surface area (Å²) in [6, 6.07) is 8.32. The smallest absolute Gasteiger partial charge is 0.407 e. The first-order valence-electron chi connectivity index (χ1n) is 11.0. The van der Waals surface area contributed by atoms with E-state index in [1.165, 1.54) is 0 Å². The summed E-state index contributed by atoms with van der Waals surface area (Å²) in [6.07, 6.45) is 7.92. The summed E-state index contributed by atoms with van der Waals surface area (Å²) in [5.74, 6) is 0.784. The summed E-state index contributed by atoms with van der Waals surface area (Å²) >= 11 is 0. The van der Waals surface area contributed by atoms with Crippen molar-refractivity contribution in [1.29, 1.82) is 0 Å². The molecular formula is C22H23N9O2. The predicted molar refractivity (Wildman–Crippen MR) is 120 cm³/mol. The molecule has 11 nitrogen and oxygen atoms in total. The van der Waals surface area contributed by atoms with Gasteiger partial charge in [0.15, 0.2) is 5.82 Å². The number of nitrogens with zero attached hydrogens (tertiary/aromatic N) is 8. The van der Waals surface area contributed by atoms with Gasteiger partial charge in [-0.2, -0.15) is 5.10 Å². The standard InChI is InChI=1S/C22H23N9O2/c1-29(15-10-13-2-3-14(11-15)31(13)22(32)33)20-7-5-18(25-26-20)16-4-6-19(30-9-8-23-28-30)17-12-24-27-21(16)17/h4-9,12-15H,2-3,10-11H2,1H3,(H,24,27)(H,32,33)/t13-,14+,15+. The van der Waals surface area contributed by atoms with E-state index in [0.717, 1.165) is 59.3 Å². The van der Waals surface area contributed by atoms with Crippen LogP contribution < -0.4 is 4.90 Å². The van der Waals surface area contributed by atoms with Crippen LogP contribution in [0.1, 0.15) is 25.7 Å². The molecule has 3 aromatic heterocycles. The molecule has 0 spiro atoms. The highest BCUT2D eigenvalue weighted by Gasteiger charge is 2.44. The van der Waals surface area contributed by atoms with Gasteiger partial charge < -0.3 is 14.9 Å². The van der Waals surface area contributed by atoms with Gasteiger partial charge in [-0.05, 0) is 49.9 Å². The molecule has 5 heterocycles. The second-order valence-electron chi connectivity index (χ2n) is 8.73. The Morgan fingerprint density at radius 3 is 2.64 bits per heavy atom. The highest BCUT2D eigenvalue weighted by Crippen LogP contribution is 2.38. The Bertz CT molecular complexity index is 1290. The summed E-state index contributed by atoms with van der Waals surface area (Å²) in [4.78, 5) is 15.4. The second kappa shape index (κ2) is 7.54. The van der Waals surface area contributed by atoms with E-state index in [2.05, 4.69) is 35.6 Å². The fourth-order valence-corrected chi connectivity index (χ4v) is 5.39. The van der Waals surface area contributed by atoms with Crippen molar-refractivity contribution >= 4 is 22.8 Å². The lowest BCUT2D eigenvalue weighted by atomic mass is 9.96. The third-order valence-electron chi connectivity index (χ3n) is 7.03. The number of hydrogen-bond donors (Lipinski definition) is 2. The van der Waals surface area contributed by atoms with Gasteiger partial charge in [0, 0.05) is 36.1 Å². The van der Waals surface area contributed by atoms with Gasteiger partial charge in [-0.1, -0.05) is 5.21 Å². The molecule has 1 aromatic carbocycles. The SMILES string of the molecule is CN(c1ccc(-c2ccc(-n3ccnn3)c3cn[nH]c23)nn1)[C@H]1C[C@H]2CC[C@@H](C1)N2C(=O)O. The highest BCUT2D eigenvalue weighted by molar-refractivity contribution is 5.97. The summed E-state index contributed by atoms with van der Waals surface area (Å²) < 4.78 is 1.70. The van der Waals surface area contributed by atoms with Crippen molar-refractivity contribution in [2.24, 2.45) is 0 Å². The lowest BCUT2D eigenvalue weighted by molar-refractivity contribution is 0.0965. The Morgan fingerprint density at radius 2 is 1.97 bits per heavy atom. The quantitative estimate of drug-likeness (QED) is 0.491. The average Bonchev–Trinajstić information content (AvgIpc) is 3.58. The highest BCUT2D eigenvalue weighted by atomic mass is 16.4. The molecule has 2 fully saturated rings. The van der Waals surface area contributed by atoms with E-state index in [0.29, 0.717) is 0 Å². The van der Waals surface area contributed by atoms with E-state index in [4.69, 9.17) is 0 Å². The van der Waals surface area contributed by atoms with Crippen LogP contribution in [-0.2, 0) is 0 Å². The van der Waals surface area contributed by atoms with E-state index in [9.17, 15) is 9.90 Å². The molecule has 2 aliphatic heterocycles. The van der Waals surface area contributed by atoms with Gasteiger partial charge in [-0.3, -0.25) is 5.10 Å². The largest absolute Gasteiger partial charge is 0.465 e. The van der Waals surface area contributed by atoms with E-state index < -0.39 is 6.09 Å². The lowest BCUT2D eigenvalue weighted by Gasteiger charge is -2.41. The van der Waals surface area contributed by atoms with Crippen LogP contribution in [0.4, 0.5) is 10.6 Å². The van der Waals surface area contributed by atoms with Crippen LogP contribution in [0, 0.1) is 0 Å². The number of rotatable bonds is 4. The maximum Gasteiger partial charge on any atom is 0.407 e. The molecule has 0 saturated carbocycles. The topological polar surface area (TPSA) is 129 Å². The Balaban J connectivity index is 1.25. The number of fused-ring (bicyclic) bond motifs is 3. The zero-order valence-corrected chi connectivity index (χ0v) is 18.0. The fraction of sp³-hybridized carbons (Fsp3) is 0.364. The summed E-state index contributed by atoms with van der Waals surface area (Å²) in [5.41, 5.74) is 3.39. The number of anilines is 1. The normalized spacial score (nSPS) is 22.1. The Labute approximate surface area is 189 Å². The van der Waals surface area contributed by atoms with E-state index in [1.54, 1.807) is 28.2 Å². The Kier molecular flexibility index (Phi) is 4.49. The number of carbonyl (C=O) groups is 1. The number of hydrogen-bond acceptors (Lipinski definition) is 7. The van der Waals surface area contributed by atoms with Gasteiger partial charge >= 0.3 is 6.09 Å². The van der Waals surface area contributed by atoms with E-state index >= 15 is 0 Å². The summed E-state index contributed by atoms with van der Waals surface area (Å²) in [7, 11) is 2.02. The second-order valence-corrected chi connectivity index (χ2v) is 8.73. The van der Waals surface area contributed by atoms with Crippen molar-refractivity contribution in [3.63, 3.8) is 0 Å². The van der Waals surface area contributed by atoms with Gasteiger partial charge in [0.1, 0.15) is 0 Å². The molecule has 0 aliphatic carbocycles. The summed E-state index contributed by atoms with van der Waals surface area (Å²) in [6.45, 7) is 0. The molecular weight excluding hydrogens is 422 g/mol. The van der Waals surface area contributed by atoms with Crippen LogP contribution in [0.25, 0.3) is 27.8 Å². The molecule has 11 heteroatoms. The van der Waals surface area contributed by atoms with Crippen LogP contribution >= 0.6 is 0 Å². The third kappa shape index (κ3) is 3.19. The van der Waals surface area contributed by atoms with Crippen LogP contribution in [-0.4, -0.2) is 76.7 Å². The molecule has 2 saturated heterocycles. The molecule has 0 unspecified atom stereocenters. The first-order chi connectivity index (χ1) is 16.1. The molecule has 168 valence electrons. The Morgan fingerprint density at radius 1 is 1.15 bits per heavy atom. The monoisotopic (exact) mass is 445 g/mol. The molecule has 3 atom stereocenters. The number of amides is 1. The van der Waals surface area contributed by atoms with Gasteiger partial charge in [0.25, 0.3) is 0 Å². The average molecular weight is 445 g/mol. The molecule has 2 N–H and O–H groups in total. The summed E-state index contributed by atoms with van der Waals surface area (Å²) in [5, 5.41) is 34.7. The Hall–Kier alpha value is -4.02. The van der Waals surface area contributed by atoms with Gasteiger partial charge in [-0.15, -0.1) is 15.3 Å². The number of carboxylic acid groups (broad SMARTS) is 1.